The Morgan fingerprint density at radius 3 is 2.38 bits per heavy atom. The van der Waals surface area contributed by atoms with E-state index in [2.05, 4.69) is 0 Å². The van der Waals surface area contributed by atoms with Crippen molar-refractivity contribution >= 4 is 15.9 Å². The van der Waals surface area contributed by atoms with Crippen LogP contribution in [0.2, 0.25) is 0 Å². The lowest BCUT2D eigenvalue weighted by Crippen LogP contribution is -2.50. The highest BCUT2D eigenvalue weighted by Crippen LogP contribution is 2.15. The second kappa shape index (κ2) is 8.05. The van der Waals surface area contributed by atoms with Crippen LogP contribution in [0.15, 0.2) is 47.1 Å². The van der Waals surface area contributed by atoms with Crippen LogP contribution in [0.4, 0.5) is 0 Å². The maximum absolute atomic E-state index is 12.6. The number of sulfonamides is 1. The molecule has 1 aromatic heterocycles. The summed E-state index contributed by atoms with van der Waals surface area (Å²) >= 11 is 0. The first kappa shape index (κ1) is 18.7. The Labute approximate surface area is 154 Å². The van der Waals surface area contributed by atoms with Gasteiger partial charge in [-0.2, -0.15) is 4.31 Å². The molecule has 6 nitrogen and oxygen atoms in total. The van der Waals surface area contributed by atoms with Crippen molar-refractivity contribution in [2.24, 2.45) is 0 Å². The second-order valence-corrected chi connectivity index (χ2v) is 8.57. The number of nitrogens with zero attached hydrogens (tertiary/aromatic N) is 2. The minimum Gasteiger partial charge on any atom is -0.469 e. The lowest BCUT2D eigenvalue weighted by Gasteiger charge is -2.34. The van der Waals surface area contributed by atoms with Crippen LogP contribution in [-0.4, -0.2) is 49.7 Å². The van der Waals surface area contributed by atoms with Crippen molar-refractivity contribution in [2.75, 3.05) is 26.2 Å². The van der Waals surface area contributed by atoms with Gasteiger partial charge in [0.05, 0.1) is 12.0 Å². The Kier molecular flexibility index (Phi) is 5.78. The number of aryl methyl sites for hydroxylation is 2. The Bertz CT molecular complexity index is 821. The third-order valence-electron chi connectivity index (χ3n) is 4.62. The molecule has 0 atom stereocenters. The van der Waals surface area contributed by atoms with Crippen LogP contribution in [-0.2, 0) is 27.0 Å². The average Bonchev–Trinajstić information content (AvgIpc) is 3.15. The van der Waals surface area contributed by atoms with Crippen molar-refractivity contribution in [3.8, 4) is 0 Å². The van der Waals surface area contributed by atoms with Crippen molar-refractivity contribution in [1.82, 2.24) is 9.21 Å². The Hall–Kier alpha value is -2.12. The van der Waals surface area contributed by atoms with E-state index in [1.54, 1.807) is 17.2 Å². The summed E-state index contributed by atoms with van der Waals surface area (Å²) in [5.74, 6) is 0.828. The zero-order valence-corrected chi connectivity index (χ0v) is 15.7. The second-order valence-electron chi connectivity index (χ2n) is 6.60. The summed E-state index contributed by atoms with van der Waals surface area (Å²) in [4.78, 5) is 14.0. The van der Waals surface area contributed by atoms with Crippen LogP contribution in [0.3, 0.4) is 0 Å². The SMILES string of the molecule is Cc1ccc(CS(=O)(=O)N2CCN(C(=O)CCc3ccco3)CC2)cc1. The van der Waals surface area contributed by atoms with E-state index >= 15 is 0 Å². The minimum atomic E-state index is -3.37. The normalized spacial score (nSPS) is 16.0. The number of hydrogen-bond acceptors (Lipinski definition) is 4. The Morgan fingerprint density at radius 2 is 1.77 bits per heavy atom. The number of carbonyl (C=O) groups excluding carboxylic acids is 1. The fourth-order valence-corrected chi connectivity index (χ4v) is 4.56. The standard InChI is InChI=1S/C19H24N2O4S/c1-16-4-6-17(7-5-16)15-26(23,24)21-12-10-20(11-13-21)19(22)9-8-18-3-2-14-25-18/h2-7,14H,8-13,15H2,1H3. The summed E-state index contributed by atoms with van der Waals surface area (Å²) in [6, 6.07) is 11.2. The van der Waals surface area contributed by atoms with E-state index in [-0.39, 0.29) is 11.7 Å². The highest BCUT2D eigenvalue weighted by atomic mass is 32.2. The lowest BCUT2D eigenvalue weighted by molar-refractivity contribution is -0.132. The molecular weight excluding hydrogens is 352 g/mol. The van der Waals surface area contributed by atoms with Crippen molar-refractivity contribution in [3.63, 3.8) is 0 Å². The molecule has 1 amide bonds. The molecule has 0 radical (unpaired) electrons. The summed E-state index contributed by atoms with van der Waals surface area (Å²) in [5.41, 5.74) is 1.89. The minimum absolute atomic E-state index is 0.000278. The molecule has 26 heavy (non-hydrogen) atoms. The highest BCUT2D eigenvalue weighted by molar-refractivity contribution is 7.88. The molecule has 0 saturated carbocycles. The van der Waals surface area contributed by atoms with Crippen LogP contribution in [0.1, 0.15) is 23.3 Å². The predicted molar refractivity (Wildman–Crippen MR) is 99.0 cm³/mol. The summed E-state index contributed by atoms with van der Waals surface area (Å²) < 4.78 is 31.9. The van der Waals surface area contributed by atoms with E-state index in [1.807, 2.05) is 37.3 Å². The van der Waals surface area contributed by atoms with Gasteiger partial charge in [0.15, 0.2) is 0 Å². The topological polar surface area (TPSA) is 70.8 Å². The van der Waals surface area contributed by atoms with E-state index in [9.17, 15) is 13.2 Å². The molecule has 1 aliphatic heterocycles. The van der Waals surface area contributed by atoms with Gasteiger partial charge in [0.25, 0.3) is 0 Å². The monoisotopic (exact) mass is 376 g/mol. The van der Waals surface area contributed by atoms with Crippen molar-refractivity contribution in [2.45, 2.75) is 25.5 Å². The molecule has 1 saturated heterocycles. The van der Waals surface area contributed by atoms with Crippen LogP contribution in [0, 0.1) is 6.92 Å². The van der Waals surface area contributed by atoms with E-state index in [1.165, 1.54) is 4.31 Å². The fraction of sp³-hybridized carbons (Fsp3) is 0.421. The third kappa shape index (κ3) is 4.74. The molecule has 2 aromatic rings. The van der Waals surface area contributed by atoms with Gasteiger partial charge in [-0.15, -0.1) is 0 Å². The molecule has 1 fully saturated rings. The molecule has 7 heteroatoms. The molecule has 1 aliphatic rings. The van der Waals surface area contributed by atoms with E-state index in [4.69, 9.17) is 4.42 Å². The first-order chi connectivity index (χ1) is 12.4. The summed E-state index contributed by atoms with van der Waals surface area (Å²) in [6.45, 7) is 3.54. The van der Waals surface area contributed by atoms with Crippen LogP contribution in [0.25, 0.3) is 0 Å². The molecule has 0 spiro atoms. The smallest absolute Gasteiger partial charge is 0.223 e. The van der Waals surface area contributed by atoms with Gasteiger partial charge < -0.3 is 9.32 Å². The molecule has 2 heterocycles. The number of hydrogen-bond donors (Lipinski definition) is 0. The van der Waals surface area contributed by atoms with Gasteiger partial charge in [-0.05, 0) is 24.6 Å². The van der Waals surface area contributed by atoms with Crippen molar-refractivity contribution in [1.29, 1.82) is 0 Å². The number of carbonyl (C=O) groups is 1. The van der Waals surface area contributed by atoms with Crippen LogP contribution in [0.5, 0.6) is 0 Å². The van der Waals surface area contributed by atoms with Gasteiger partial charge >= 0.3 is 0 Å². The summed E-state index contributed by atoms with van der Waals surface area (Å²) in [6.07, 6.45) is 2.54. The molecule has 0 N–H and O–H groups in total. The molecule has 0 unspecified atom stereocenters. The van der Waals surface area contributed by atoms with Gasteiger partial charge in [-0.25, -0.2) is 8.42 Å². The maximum Gasteiger partial charge on any atom is 0.223 e. The van der Waals surface area contributed by atoms with Gasteiger partial charge in [-0.3, -0.25) is 4.79 Å². The molecule has 140 valence electrons. The average molecular weight is 376 g/mol. The highest BCUT2D eigenvalue weighted by Gasteiger charge is 2.28. The van der Waals surface area contributed by atoms with Crippen molar-refractivity contribution < 1.29 is 17.6 Å². The van der Waals surface area contributed by atoms with Gasteiger partial charge in [0.2, 0.25) is 15.9 Å². The van der Waals surface area contributed by atoms with E-state index < -0.39 is 10.0 Å². The summed E-state index contributed by atoms with van der Waals surface area (Å²) in [7, 11) is -3.37. The quantitative estimate of drug-likeness (QED) is 0.775. The zero-order chi connectivity index (χ0) is 18.6. The first-order valence-corrected chi connectivity index (χ1v) is 10.4. The third-order valence-corrected chi connectivity index (χ3v) is 6.47. The van der Waals surface area contributed by atoms with Gasteiger partial charge in [-0.1, -0.05) is 29.8 Å². The van der Waals surface area contributed by atoms with Crippen LogP contribution >= 0.6 is 0 Å². The Balaban J connectivity index is 1.50. The lowest BCUT2D eigenvalue weighted by atomic mass is 10.2. The number of rotatable bonds is 6. The van der Waals surface area contributed by atoms with Gasteiger partial charge in [0.1, 0.15) is 5.76 Å². The van der Waals surface area contributed by atoms with E-state index in [0.29, 0.717) is 39.0 Å². The molecule has 0 aliphatic carbocycles. The number of furan rings is 1. The number of piperazine rings is 1. The van der Waals surface area contributed by atoms with Gasteiger partial charge in [0, 0.05) is 39.0 Å². The maximum atomic E-state index is 12.6. The first-order valence-electron chi connectivity index (χ1n) is 8.77. The predicted octanol–water partition coefficient (Wildman–Crippen LogP) is 2.19. The fourth-order valence-electron chi connectivity index (χ4n) is 3.04. The largest absolute Gasteiger partial charge is 0.469 e. The number of benzene rings is 1. The Morgan fingerprint density at radius 1 is 1.08 bits per heavy atom. The summed E-state index contributed by atoms with van der Waals surface area (Å²) in [5, 5.41) is 0. The van der Waals surface area contributed by atoms with Crippen LogP contribution < -0.4 is 0 Å². The molecule has 3 rings (SSSR count). The molecule has 0 bridgehead atoms. The van der Waals surface area contributed by atoms with E-state index in [0.717, 1.165) is 16.9 Å². The molecular formula is C19H24N2O4S. The zero-order valence-electron chi connectivity index (χ0n) is 14.9. The van der Waals surface area contributed by atoms with Crippen molar-refractivity contribution in [3.05, 3.63) is 59.5 Å². The molecule has 1 aromatic carbocycles. The number of amides is 1.